The minimum Gasteiger partial charge on any atom is -0.364 e. The first-order chi connectivity index (χ1) is 16.0. The summed E-state index contributed by atoms with van der Waals surface area (Å²) in [4.78, 5) is 31.4. The van der Waals surface area contributed by atoms with Crippen molar-refractivity contribution in [1.29, 1.82) is 0 Å². The van der Waals surface area contributed by atoms with Crippen molar-refractivity contribution in [2.75, 3.05) is 36.4 Å². The van der Waals surface area contributed by atoms with Crippen LogP contribution in [0.15, 0.2) is 36.7 Å². The van der Waals surface area contributed by atoms with E-state index in [0.717, 1.165) is 55.4 Å². The fraction of sp³-hybridized carbons (Fsp3) is 0.520. The topological polar surface area (TPSA) is 79.2 Å². The van der Waals surface area contributed by atoms with Gasteiger partial charge < -0.3 is 15.1 Å². The monoisotopic (exact) mass is 449 g/mol. The normalized spacial score (nSPS) is 16.4. The molecule has 0 aliphatic carbocycles. The summed E-state index contributed by atoms with van der Waals surface area (Å²) in [5.41, 5.74) is 2.78. The quantitative estimate of drug-likeness (QED) is 0.558. The smallest absolute Gasteiger partial charge is 0.227 e. The van der Waals surface area contributed by atoms with E-state index in [-0.39, 0.29) is 17.9 Å². The Bertz CT molecular complexity index is 1080. The number of imidazole rings is 1. The lowest BCUT2D eigenvalue weighted by atomic mass is 9.96. The molecule has 1 amide bonds. The van der Waals surface area contributed by atoms with Gasteiger partial charge in [-0.25, -0.2) is 15.0 Å². The molecular weight excluding hydrogens is 414 g/mol. The van der Waals surface area contributed by atoms with Crippen LogP contribution in [0.3, 0.4) is 0 Å². The van der Waals surface area contributed by atoms with Crippen molar-refractivity contribution < 1.29 is 4.79 Å². The third kappa shape index (κ3) is 4.79. The molecule has 1 saturated heterocycles. The van der Waals surface area contributed by atoms with Gasteiger partial charge in [-0.05, 0) is 46.1 Å². The number of piperidine rings is 1. The predicted molar refractivity (Wildman–Crippen MR) is 132 cm³/mol. The van der Waals surface area contributed by atoms with Gasteiger partial charge in [0.05, 0.1) is 5.92 Å². The Labute approximate surface area is 196 Å². The number of benzene rings is 1. The van der Waals surface area contributed by atoms with Crippen molar-refractivity contribution in [3.05, 3.63) is 42.2 Å². The molecule has 1 aromatic carbocycles. The molecule has 0 spiro atoms. The van der Waals surface area contributed by atoms with Crippen LogP contribution in [-0.4, -0.2) is 56.5 Å². The van der Waals surface area contributed by atoms with E-state index in [1.165, 1.54) is 5.56 Å². The van der Waals surface area contributed by atoms with Gasteiger partial charge in [0, 0.05) is 38.8 Å². The number of amides is 1. The molecule has 0 saturated carbocycles. The van der Waals surface area contributed by atoms with Crippen LogP contribution in [0.2, 0.25) is 0 Å². The first-order valence-corrected chi connectivity index (χ1v) is 12.1. The standard InChI is InChI=1S/C25H35N7O/c1-5-30(6-2)24(33)20-13-10-14-31(16-20)25-29-21-22(26-15-19-11-8-7-9-12-19)27-17-28-23(21)32(25)18(3)4/h7-9,11-12,17-18,20H,5-6,10,13-16H2,1-4H3,(H,26,27,28). The van der Waals surface area contributed by atoms with Crippen molar-refractivity contribution in [1.82, 2.24) is 24.4 Å². The molecule has 3 aromatic rings. The molecule has 2 aromatic heterocycles. The van der Waals surface area contributed by atoms with Crippen molar-refractivity contribution in [3.8, 4) is 0 Å². The largest absolute Gasteiger partial charge is 0.364 e. The lowest BCUT2D eigenvalue weighted by Gasteiger charge is -2.35. The Balaban J connectivity index is 1.64. The number of anilines is 2. The van der Waals surface area contributed by atoms with Gasteiger partial charge in [0.1, 0.15) is 6.33 Å². The van der Waals surface area contributed by atoms with E-state index in [9.17, 15) is 4.79 Å². The Morgan fingerprint density at radius 3 is 2.64 bits per heavy atom. The molecule has 33 heavy (non-hydrogen) atoms. The maximum absolute atomic E-state index is 13.0. The van der Waals surface area contributed by atoms with E-state index >= 15 is 0 Å². The Hall–Kier alpha value is -3.16. The van der Waals surface area contributed by atoms with Gasteiger partial charge >= 0.3 is 0 Å². The van der Waals surface area contributed by atoms with Gasteiger partial charge in [0.2, 0.25) is 11.9 Å². The molecule has 1 atom stereocenters. The first kappa shape index (κ1) is 23.0. The van der Waals surface area contributed by atoms with Crippen LogP contribution in [0, 0.1) is 5.92 Å². The van der Waals surface area contributed by atoms with E-state index in [0.29, 0.717) is 13.1 Å². The van der Waals surface area contributed by atoms with Gasteiger partial charge in [-0.2, -0.15) is 0 Å². The van der Waals surface area contributed by atoms with Crippen LogP contribution in [0.5, 0.6) is 0 Å². The van der Waals surface area contributed by atoms with Gasteiger partial charge in [-0.15, -0.1) is 0 Å². The Morgan fingerprint density at radius 2 is 1.94 bits per heavy atom. The van der Waals surface area contributed by atoms with Gasteiger partial charge in [0.25, 0.3) is 0 Å². The molecule has 0 bridgehead atoms. The van der Waals surface area contributed by atoms with Crippen LogP contribution in [0.25, 0.3) is 11.2 Å². The molecule has 3 heterocycles. The molecule has 1 aliphatic rings. The van der Waals surface area contributed by atoms with Crippen molar-refractivity contribution in [2.24, 2.45) is 5.92 Å². The van der Waals surface area contributed by atoms with Crippen molar-refractivity contribution in [2.45, 2.75) is 53.1 Å². The number of rotatable bonds is 8. The van der Waals surface area contributed by atoms with Crippen LogP contribution in [0.4, 0.5) is 11.8 Å². The summed E-state index contributed by atoms with van der Waals surface area (Å²) in [6, 6.07) is 10.4. The number of fused-ring (bicyclic) bond motifs is 1. The number of hydrogen-bond donors (Lipinski definition) is 1. The third-order valence-corrected chi connectivity index (χ3v) is 6.41. The highest BCUT2D eigenvalue weighted by Crippen LogP contribution is 2.31. The molecule has 4 rings (SSSR count). The molecule has 1 aliphatic heterocycles. The summed E-state index contributed by atoms with van der Waals surface area (Å²) in [6.07, 6.45) is 3.50. The molecule has 0 radical (unpaired) electrons. The highest BCUT2D eigenvalue weighted by molar-refractivity contribution is 5.86. The number of carbonyl (C=O) groups is 1. The average Bonchev–Trinajstić information content (AvgIpc) is 3.25. The zero-order chi connectivity index (χ0) is 23.4. The lowest BCUT2D eigenvalue weighted by Crippen LogP contribution is -2.45. The Morgan fingerprint density at radius 1 is 1.18 bits per heavy atom. The maximum atomic E-state index is 13.0. The second kappa shape index (κ2) is 10.2. The second-order valence-corrected chi connectivity index (χ2v) is 8.90. The molecular formula is C25H35N7O. The first-order valence-electron chi connectivity index (χ1n) is 12.1. The maximum Gasteiger partial charge on any atom is 0.227 e. The van der Waals surface area contributed by atoms with E-state index in [4.69, 9.17) is 4.98 Å². The summed E-state index contributed by atoms with van der Waals surface area (Å²) in [5, 5.41) is 3.44. The summed E-state index contributed by atoms with van der Waals surface area (Å²) < 4.78 is 2.18. The number of carbonyl (C=O) groups excluding carboxylic acids is 1. The van der Waals surface area contributed by atoms with E-state index in [1.807, 2.05) is 36.9 Å². The molecule has 8 nitrogen and oxygen atoms in total. The highest BCUT2D eigenvalue weighted by atomic mass is 16.2. The van der Waals surface area contributed by atoms with E-state index in [1.54, 1.807) is 6.33 Å². The molecule has 1 fully saturated rings. The van der Waals surface area contributed by atoms with E-state index in [2.05, 4.69) is 50.7 Å². The van der Waals surface area contributed by atoms with Crippen LogP contribution >= 0.6 is 0 Å². The van der Waals surface area contributed by atoms with Gasteiger partial charge in [-0.3, -0.25) is 9.36 Å². The third-order valence-electron chi connectivity index (χ3n) is 6.41. The zero-order valence-corrected chi connectivity index (χ0v) is 20.2. The summed E-state index contributed by atoms with van der Waals surface area (Å²) >= 11 is 0. The minimum absolute atomic E-state index is 0.000773. The molecule has 1 unspecified atom stereocenters. The van der Waals surface area contributed by atoms with Crippen molar-refractivity contribution >= 4 is 28.8 Å². The predicted octanol–water partition coefficient (Wildman–Crippen LogP) is 4.10. The number of nitrogens with zero attached hydrogens (tertiary/aromatic N) is 6. The fourth-order valence-electron chi connectivity index (χ4n) is 4.66. The fourth-order valence-corrected chi connectivity index (χ4v) is 4.66. The van der Waals surface area contributed by atoms with Gasteiger partial charge in [-0.1, -0.05) is 30.3 Å². The van der Waals surface area contributed by atoms with Gasteiger partial charge in [0.15, 0.2) is 17.0 Å². The number of nitrogens with one attached hydrogen (secondary N) is 1. The lowest BCUT2D eigenvalue weighted by molar-refractivity contribution is -0.135. The number of aromatic nitrogens is 4. The minimum atomic E-state index is 0.000773. The second-order valence-electron chi connectivity index (χ2n) is 8.90. The summed E-state index contributed by atoms with van der Waals surface area (Å²) in [6.45, 7) is 12.1. The molecule has 1 N–H and O–H groups in total. The zero-order valence-electron chi connectivity index (χ0n) is 20.2. The summed E-state index contributed by atoms with van der Waals surface area (Å²) in [5.74, 6) is 1.86. The summed E-state index contributed by atoms with van der Waals surface area (Å²) in [7, 11) is 0. The number of hydrogen-bond acceptors (Lipinski definition) is 6. The highest BCUT2D eigenvalue weighted by Gasteiger charge is 2.31. The SMILES string of the molecule is CCN(CC)C(=O)C1CCCN(c2nc3c(NCc4ccccc4)ncnc3n2C(C)C)C1. The van der Waals surface area contributed by atoms with Crippen LogP contribution < -0.4 is 10.2 Å². The average molecular weight is 450 g/mol. The van der Waals surface area contributed by atoms with E-state index < -0.39 is 0 Å². The molecule has 176 valence electrons. The molecule has 8 heteroatoms. The van der Waals surface area contributed by atoms with Crippen LogP contribution in [-0.2, 0) is 11.3 Å². The van der Waals surface area contributed by atoms with Crippen LogP contribution in [0.1, 0.15) is 52.1 Å². The Kier molecular flexibility index (Phi) is 7.11. The van der Waals surface area contributed by atoms with Crippen molar-refractivity contribution in [3.63, 3.8) is 0 Å².